The monoisotopic (exact) mass is 317 g/mol. The van der Waals surface area contributed by atoms with Gasteiger partial charge in [0, 0.05) is 18.3 Å². The van der Waals surface area contributed by atoms with Gasteiger partial charge in [-0.3, -0.25) is 9.59 Å². The first kappa shape index (κ1) is 14.6. The SMILES string of the molecule is Cc1ccnc(S[C@@H]2CC(=O)N(c3ccc(F)cc3)C2=O)n1. The summed E-state index contributed by atoms with van der Waals surface area (Å²) in [6, 6.07) is 7.04. The summed E-state index contributed by atoms with van der Waals surface area (Å²) in [6.07, 6.45) is 1.70. The number of hydrogen-bond acceptors (Lipinski definition) is 5. The van der Waals surface area contributed by atoms with E-state index in [2.05, 4.69) is 9.97 Å². The molecule has 2 aromatic rings. The number of halogens is 1. The number of hydrogen-bond donors (Lipinski definition) is 0. The molecule has 112 valence electrons. The molecule has 0 unspecified atom stereocenters. The molecule has 22 heavy (non-hydrogen) atoms. The van der Waals surface area contributed by atoms with Crippen molar-refractivity contribution >= 4 is 29.3 Å². The number of nitrogens with zero attached hydrogens (tertiary/aromatic N) is 3. The Balaban J connectivity index is 1.81. The van der Waals surface area contributed by atoms with Gasteiger partial charge in [0.25, 0.3) is 0 Å². The summed E-state index contributed by atoms with van der Waals surface area (Å²) in [6.45, 7) is 1.83. The number of imide groups is 1. The van der Waals surface area contributed by atoms with Crippen LogP contribution in [-0.4, -0.2) is 27.0 Å². The number of carbonyl (C=O) groups is 2. The van der Waals surface area contributed by atoms with Crippen molar-refractivity contribution in [2.45, 2.75) is 23.8 Å². The number of amides is 2. The van der Waals surface area contributed by atoms with E-state index in [0.717, 1.165) is 10.6 Å². The first-order valence-corrected chi connectivity index (χ1v) is 7.51. The quantitative estimate of drug-likeness (QED) is 0.642. The fraction of sp³-hybridized carbons (Fsp3) is 0.200. The highest BCUT2D eigenvalue weighted by molar-refractivity contribution is 8.00. The number of anilines is 1. The summed E-state index contributed by atoms with van der Waals surface area (Å²) >= 11 is 1.17. The number of rotatable bonds is 3. The number of thioether (sulfide) groups is 1. The molecule has 1 atom stereocenters. The lowest BCUT2D eigenvalue weighted by molar-refractivity contribution is -0.121. The van der Waals surface area contributed by atoms with Crippen molar-refractivity contribution in [2.75, 3.05) is 4.90 Å². The number of aryl methyl sites for hydroxylation is 1. The summed E-state index contributed by atoms with van der Waals surface area (Å²) in [5.74, 6) is -1.05. The predicted molar refractivity (Wildman–Crippen MR) is 79.9 cm³/mol. The van der Waals surface area contributed by atoms with Crippen molar-refractivity contribution in [1.82, 2.24) is 9.97 Å². The maximum absolute atomic E-state index is 13.0. The van der Waals surface area contributed by atoms with Crippen LogP contribution in [0.15, 0.2) is 41.7 Å². The van der Waals surface area contributed by atoms with E-state index in [4.69, 9.17) is 0 Å². The minimum Gasteiger partial charge on any atom is -0.274 e. The second-order valence-corrected chi connectivity index (χ2v) is 6.00. The molecular formula is C15H12FN3O2S. The van der Waals surface area contributed by atoms with Crippen LogP contribution in [0.1, 0.15) is 12.1 Å². The van der Waals surface area contributed by atoms with Crippen LogP contribution in [0.4, 0.5) is 10.1 Å². The van der Waals surface area contributed by atoms with Crippen LogP contribution in [0, 0.1) is 12.7 Å². The Morgan fingerprint density at radius 1 is 1.23 bits per heavy atom. The molecule has 1 aromatic heterocycles. The minimum atomic E-state index is -0.556. The normalized spacial score (nSPS) is 18.1. The molecule has 0 spiro atoms. The van der Waals surface area contributed by atoms with E-state index < -0.39 is 11.1 Å². The summed E-state index contributed by atoms with van der Waals surface area (Å²) in [5.41, 5.74) is 1.18. The maximum atomic E-state index is 13.0. The molecule has 1 fully saturated rings. The lowest BCUT2D eigenvalue weighted by atomic mass is 10.3. The third-order valence-corrected chi connectivity index (χ3v) is 4.27. The van der Waals surface area contributed by atoms with E-state index >= 15 is 0 Å². The van der Waals surface area contributed by atoms with E-state index in [0.29, 0.717) is 10.8 Å². The molecule has 1 aliphatic heterocycles. The third-order valence-electron chi connectivity index (χ3n) is 3.21. The Morgan fingerprint density at radius 3 is 2.64 bits per heavy atom. The zero-order valence-corrected chi connectivity index (χ0v) is 12.5. The Morgan fingerprint density at radius 2 is 1.95 bits per heavy atom. The van der Waals surface area contributed by atoms with E-state index in [1.54, 1.807) is 12.3 Å². The molecule has 2 amide bonds. The standard InChI is InChI=1S/C15H12FN3O2S/c1-9-6-7-17-15(18-9)22-12-8-13(20)19(14(12)21)11-4-2-10(16)3-5-11/h2-7,12H,8H2,1H3/t12-/m1/s1. The fourth-order valence-corrected chi connectivity index (χ4v) is 3.17. The molecule has 0 bridgehead atoms. The van der Waals surface area contributed by atoms with E-state index in [9.17, 15) is 14.0 Å². The average molecular weight is 317 g/mol. The molecule has 2 heterocycles. The lowest BCUT2D eigenvalue weighted by Crippen LogP contribution is -2.31. The van der Waals surface area contributed by atoms with Crippen LogP contribution in [0.2, 0.25) is 0 Å². The molecule has 5 nitrogen and oxygen atoms in total. The molecule has 0 saturated carbocycles. The van der Waals surface area contributed by atoms with Crippen molar-refractivity contribution in [2.24, 2.45) is 0 Å². The van der Waals surface area contributed by atoms with Gasteiger partial charge in [-0.25, -0.2) is 19.3 Å². The van der Waals surface area contributed by atoms with Gasteiger partial charge in [0.15, 0.2) is 5.16 Å². The van der Waals surface area contributed by atoms with Crippen LogP contribution >= 0.6 is 11.8 Å². The maximum Gasteiger partial charge on any atom is 0.247 e. The smallest absolute Gasteiger partial charge is 0.247 e. The fourth-order valence-electron chi connectivity index (χ4n) is 2.17. The highest BCUT2D eigenvalue weighted by atomic mass is 32.2. The highest BCUT2D eigenvalue weighted by Crippen LogP contribution is 2.32. The Hall–Kier alpha value is -2.28. The molecule has 3 rings (SSSR count). The van der Waals surface area contributed by atoms with Crippen molar-refractivity contribution in [3.8, 4) is 0 Å². The Bertz CT molecular complexity index is 736. The third kappa shape index (κ3) is 2.85. The van der Waals surface area contributed by atoms with Gasteiger partial charge in [0.1, 0.15) is 11.1 Å². The number of benzene rings is 1. The zero-order chi connectivity index (χ0) is 15.7. The lowest BCUT2D eigenvalue weighted by Gasteiger charge is -2.14. The molecule has 0 N–H and O–H groups in total. The van der Waals surface area contributed by atoms with Crippen molar-refractivity contribution in [1.29, 1.82) is 0 Å². The van der Waals surface area contributed by atoms with E-state index in [1.807, 2.05) is 6.92 Å². The van der Waals surface area contributed by atoms with Gasteiger partial charge in [0.2, 0.25) is 11.8 Å². The van der Waals surface area contributed by atoms with Gasteiger partial charge in [-0.1, -0.05) is 11.8 Å². The Kier molecular flexibility index (Phi) is 3.89. The predicted octanol–water partition coefficient (Wildman–Crippen LogP) is 2.35. The van der Waals surface area contributed by atoms with Crippen LogP contribution < -0.4 is 4.90 Å². The molecule has 0 aliphatic carbocycles. The van der Waals surface area contributed by atoms with Crippen molar-refractivity contribution in [3.63, 3.8) is 0 Å². The number of carbonyl (C=O) groups excluding carboxylic acids is 2. The first-order valence-electron chi connectivity index (χ1n) is 6.63. The summed E-state index contributed by atoms with van der Waals surface area (Å²) < 4.78 is 13.0. The molecule has 0 radical (unpaired) electrons. The van der Waals surface area contributed by atoms with Crippen LogP contribution in [0.25, 0.3) is 0 Å². The van der Waals surface area contributed by atoms with Gasteiger partial charge in [0.05, 0.1) is 5.69 Å². The summed E-state index contributed by atoms with van der Waals surface area (Å²) in [5, 5.41) is -0.0912. The second-order valence-electron chi connectivity index (χ2n) is 4.84. The summed E-state index contributed by atoms with van der Waals surface area (Å²) in [4.78, 5) is 33.9. The van der Waals surface area contributed by atoms with Crippen molar-refractivity contribution in [3.05, 3.63) is 48.0 Å². The number of aromatic nitrogens is 2. The average Bonchev–Trinajstić information content (AvgIpc) is 2.75. The van der Waals surface area contributed by atoms with Gasteiger partial charge < -0.3 is 0 Å². The Labute approximate surface area is 130 Å². The molecule has 7 heteroatoms. The topological polar surface area (TPSA) is 63.2 Å². The van der Waals surface area contributed by atoms with E-state index in [-0.39, 0.29) is 18.2 Å². The van der Waals surface area contributed by atoms with Crippen LogP contribution in [0.5, 0.6) is 0 Å². The molecule has 1 aliphatic rings. The zero-order valence-electron chi connectivity index (χ0n) is 11.7. The van der Waals surface area contributed by atoms with Gasteiger partial charge in [-0.15, -0.1) is 0 Å². The second kappa shape index (κ2) is 5.84. The largest absolute Gasteiger partial charge is 0.274 e. The van der Waals surface area contributed by atoms with E-state index in [1.165, 1.54) is 36.0 Å². The van der Waals surface area contributed by atoms with Crippen LogP contribution in [-0.2, 0) is 9.59 Å². The van der Waals surface area contributed by atoms with Crippen molar-refractivity contribution < 1.29 is 14.0 Å². The highest BCUT2D eigenvalue weighted by Gasteiger charge is 2.40. The summed E-state index contributed by atoms with van der Waals surface area (Å²) in [7, 11) is 0. The first-order chi connectivity index (χ1) is 10.5. The van der Waals surface area contributed by atoms with Crippen LogP contribution in [0.3, 0.4) is 0 Å². The molecule has 1 aromatic carbocycles. The van der Waals surface area contributed by atoms with Gasteiger partial charge >= 0.3 is 0 Å². The molecular weight excluding hydrogens is 305 g/mol. The van der Waals surface area contributed by atoms with Gasteiger partial charge in [-0.2, -0.15) is 0 Å². The molecule has 1 saturated heterocycles. The minimum absolute atomic E-state index is 0.0815. The van der Waals surface area contributed by atoms with Gasteiger partial charge in [-0.05, 0) is 37.3 Å².